The van der Waals surface area contributed by atoms with E-state index in [1.165, 1.54) is 25.1 Å². The predicted octanol–water partition coefficient (Wildman–Crippen LogP) is 4.93. The second-order valence-corrected chi connectivity index (χ2v) is 6.29. The Bertz CT molecular complexity index is 788. The minimum absolute atomic E-state index is 0.290. The van der Waals surface area contributed by atoms with Crippen LogP contribution in [0.3, 0.4) is 0 Å². The maximum Gasteiger partial charge on any atom is 0.331 e. The van der Waals surface area contributed by atoms with Crippen molar-refractivity contribution >= 4 is 62.8 Å². The number of ether oxygens (including phenoxy) is 1. The zero-order valence-corrected chi connectivity index (χ0v) is 15.5. The van der Waals surface area contributed by atoms with Gasteiger partial charge in [0, 0.05) is 11.1 Å². The van der Waals surface area contributed by atoms with Crippen molar-refractivity contribution < 1.29 is 18.7 Å². The van der Waals surface area contributed by atoms with E-state index >= 15 is 0 Å². The lowest BCUT2D eigenvalue weighted by Crippen LogP contribution is -2.29. The summed E-state index contributed by atoms with van der Waals surface area (Å²) >= 11 is 14.9. The first kappa shape index (κ1) is 18.6. The Balaban J connectivity index is 1.90. The molecule has 1 N–H and O–H groups in total. The molecule has 0 fully saturated rings. The van der Waals surface area contributed by atoms with Crippen molar-refractivity contribution in [3.8, 4) is 0 Å². The first-order valence-corrected chi connectivity index (χ1v) is 8.30. The van der Waals surface area contributed by atoms with Gasteiger partial charge in [-0.15, -0.1) is 0 Å². The zero-order chi connectivity index (χ0) is 17.7. The molecule has 1 atom stereocenters. The Morgan fingerprint density at radius 1 is 1.29 bits per heavy atom. The minimum atomic E-state index is -1.00. The summed E-state index contributed by atoms with van der Waals surface area (Å²) in [6, 6.07) is 8.01. The number of nitrogens with one attached hydrogen (secondary N) is 1. The summed E-state index contributed by atoms with van der Waals surface area (Å²) in [6.07, 6.45) is 1.61. The van der Waals surface area contributed by atoms with Gasteiger partial charge in [-0.3, -0.25) is 4.79 Å². The fourth-order valence-corrected chi connectivity index (χ4v) is 2.44. The molecule has 24 heavy (non-hydrogen) atoms. The molecule has 0 bridgehead atoms. The van der Waals surface area contributed by atoms with Gasteiger partial charge in [0.1, 0.15) is 5.76 Å². The van der Waals surface area contributed by atoms with Crippen LogP contribution in [0.4, 0.5) is 5.69 Å². The molecular weight excluding hydrogens is 421 g/mol. The second kappa shape index (κ2) is 8.37. The molecule has 0 spiro atoms. The number of furan rings is 1. The maximum atomic E-state index is 12.0. The van der Waals surface area contributed by atoms with E-state index in [1.807, 2.05) is 0 Å². The van der Waals surface area contributed by atoms with Crippen LogP contribution in [0.15, 0.2) is 45.5 Å². The average Bonchev–Trinajstić information content (AvgIpc) is 2.93. The third kappa shape index (κ3) is 5.40. The predicted molar refractivity (Wildman–Crippen MR) is 96.1 cm³/mol. The van der Waals surface area contributed by atoms with Crippen LogP contribution in [0.2, 0.25) is 10.0 Å². The van der Waals surface area contributed by atoms with E-state index in [-0.39, 0.29) is 5.02 Å². The number of halogens is 3. The van der Waals surface area contributed by atoms with Crippen LogP contribution in [0, 0.1) is 0 Å². The molecule has 5 nitrogen and oxygen atoms in total. The topological polar surface area (TPSA) is 68.5 Å². The number of benzene rings is 1. The first-order valence-electron chi connectivity index (χ1n) is 6.75. The number of hydrogen-bond acceptors (Lipinski definition) is 4. The lowest BCUT2D eigenvalue weighted by atomic mass is 10.3. The summed E-state index contributed by atoms with van der Waals surface area (Å²) in [4.78, 5) is 23.8. The standard InChI is InChI=1S/C16H12BrCl2NO4/c1-9(16(22)20-13-5-2-10(18)8-12(13)19)23-15(21)7-4-11-3-6-14(17)24-11/h2-9H,1H3,(H,20,22). The highest BCUT2D eigenvalue weighted by atomic mass is 79.9. The third-order valence-electron chi connectivity index (χ3n) is 2.83. The highest BCUT2D eigenvalue weighted by Gasteiger charge is 2.17. The normalized spacial score (nSPS) is 12.2. The molecule has 0 saturated heterocycles. The maximum absolute atomic E-state index is 12.0. The fourth-order valence-electron chi connectivity index (χ4n) is 1.66. The number of carbonyl (C=O) groups excluding carboxylic acids is 2. The molecule has 0 aliphatic heterocycles. The molecule has 0 aliphatic carbocycles. The van der Waals surface area contributed by atoms with E-state index in [0.717, 1.165) is 0 Å². The molecule has 8 heteroatoms. The van der Waals surface area contributed by atoms with Gasteiger partial charge in [-0.05, 0) is 59.3 Å². The Kier molecular flexibility index (Phi) is 6.48. The van der Waals surface area contributed by atoms with Crippen molar-refractivity contribution in [3.05, 3.63) is 56.9 Å². The van der Waals surface area contributed by atoms with Gasteiger partial charge in [-0.2, -0.15) is 0 Å². The number of anilines is 1. The lowest BCUT2D eigenvalue weighted by molar-refractivity contribution is -0.148. The van der Waals surface area contributed by atoms with Gasteiger partial charge in [-0.25, -0.2) is 4.79 Å². The van der Waals surface area contributed by atoms with Crippen LogP contribution in [0.25, 0.3) is 6.08 Å². The minimum Gasteiger partial charge on any atom is -0.450 e. The van der Waals surface area contributed by atoms with Gasteiger partial charge in [-0.1, -0.05) is 23.2 Å². The summed E-state index contributed by atoms with van der Waals surface area (Å²) in [7, 11) is 0. The van der Waals surface area contributed by atoms with Crippen molar-refractivity contribution in [1.82, 2.24) is 0 Å². The Hall–Kier alpha value is -1.76. The van der Waals surface area contributed by atoms with E-state index in [1.54, 1.807) is 24.3 Å². The summed E-state index contributed by atoms with van der Waals surface area (Å²) in [5.41, 5.74) is 0.380. The van der Waals surface area contributed by atoms with Crippen molar-refractivity contribution in [1.29, 1.82) is 0 Å². The number of hydrogen-bond donors (Lipinski definition) is 1. The Labute approximate surface area is 156 Å². The highest BCUT2D eigenvalue weighted by molar-refractivity contribution is 9.10. The van der Waals surface area contributed by atoms with Gasteiger partial charge in [0.25, 0.3) is 5.91 Å². The number of esters is 1. The largest absolute Gasteiger partial charge is 0.450 e. The van der Waals surface area contributed by atoms with Crippen LogP contribution in [0.1, 0.15) is 12.7 Å². The summed E-state index contributed by atoms with van der Waals surface area (Å²) < 4.78 is 10.8. The molecule has 0 aliphatic rings. The smallest absolute Gasteiger partial charge is 0.331 e. The van der Waals surface area contributed by atoms with Crippen LogP contribution >= 0.6 is 39.1 Å². The molecule has 2 rings (SSSR count). The summed E-state index contributed by atoms with van der Waals surface area (Å²) in [5.74, 6) is -0.710. The van der Waals surface area contributed by atoms with Crippen molar-refractivity contribution in [2.45, 2.75) is 13.0 Å². The molecular formula is C16H12BrCl2NO4. The number of rotatable bonds is 5. The molecule has 126 valence electrons. The van der Waals surface area contributed by atoms with E-state index in [0.29, 0.717) is 21.1 Å². The number of carbonyl (C=O) groups is 2. The van der Waals surface area contributed by atoms with E-state index in [9.17, 15) is 9.59 Å². The van der Waals surface area contributed by atoms with Crippen molar-refractivity contribution in [2.24, 2.45) is 0 Å². The van der Waals surface area contributed by atoms with Gasteiger partial charge < -0.3 is 14.5 Å². The fraction of sp³-hybridized carbons (Fsp3) is 0.125. The zero-order valence-electron chi connectivity index (χ0n) is 12.4. The van der Waals surface area contributed by atoms with E-state index in [4.69, 9.17) is 32.4 Å². The molecule has 1 heterocycles. The van der Waals surface area contributed by atoms with Gasteiger partial charge in [0.05, 0.1) is 10.7 Å². The molecule has 0 saturated carbocycles. The lowest BCUT2D eigenvalue weighted by Gasteiger charge is -2.13. The highest BCUT2D eigenvalue weighted by Crippen LogP contribution is 2.25. The van der Waals surface area contributed by atoms with E-state index < -0.39 is 18.0 Å². The third-order valence-corrected chi connectivity index (χ3v) is 3.80. The van der Waals surface area contributed by atoms with Crippen LogP contribution in [-0.4, -0.2) is 18.0 Å². The van der Waals surface area contributed by atoms with Crippen molar-refractivity contribution in [2.75, 3.05) is 5.32 Å². The van der Waals surface area contributed by atoms with Crippen LogP contribution in [0.5, 0.6) is 0 Å². The van der Waals surface area contributed by atoms with Gasteiger partial charge in [0.15, 0.2) is 10.8 Å². The molecule has 2 aromatic rings. The second-order valence-electron chi connectivity index (χ2n) is 4.67. The average molecular weight is 433 g/mol. The van der Waals surface area contributed by atoms with E-state index in [2.05, 4.69) is 21.2 Å². The summed E-state index contributed by atoms with van der Waals surface area (Å²) in [5, 5.41) is 3.30. The molecule has 1 amide bonds. The SMILES string of the molecule is CC(OC(=O)C=Cc1ccc(Br)o1)C(=O)Nc1ccc(Cl)cc1Cl. The molecule has 1 aromatic heterocycles. The number of amides is 1. The van der Waals surface area contributed by atoms with Gasteiger partial charge >= 0.3 is 5.97 Å². The molecule has 0 radical (unpaired) electrons. The van der Waals surface area contributed by atoms with Crippen molar-refractivity contribution in [3.63, 3.8) is 0 Å². The Morgan fingerprint density at radius 3 is 2.67 bits per heavy atom. The van der Waals surface area contributed by atoms with Gasteiger partial charge in [0.2, 0.25) is 0 Å². The molecule has 1 aromatic carbocycles. The molecule has 1 unspecified atom stereocenters. The van der Waals surface area contributed by atoms with Crippen LogP contribution in [-0.2, 0) is 14.3 Å². The van der Waals surface area contributed by atoms with Crippen LogP contribution < -0.4 is 5.32 Å². The quantitative estimate of drug-likeness (QED) is 0.537. The monoisotopic (exact) mass is 431 g/mol. The first-order chi connectivity index (χ1) is 11.3. The Morgan fingerprint density at radius 2 is 2.04 bits per heavy atom. The summed E-state index contributed by atoms with van der Waals surface area (Å²) in [6.45, 7) is 1.45.